The fraction of sp³-hybridized carbons (Fsp3) is 0.647. The molecule has 2 fully saturated rings. The molecule has 8 heteroatoms. The fourth-order valence-electron chi connectivity index (χ4n) is 3.20. The summed E-state index contributed by atoms with van der Waals surface area (Å²) >= 11 is 0. The predicted molar refractivity (Wildman–Crippen MR) is 87.8 cm³/mol. The number of carbonyl (C=O) groups is 1. The molecule has 1 aliphatic heterocycles. The Kier molecular flexibility index (Phi) is 4.52. The van der Waals surface area contributed by atoms with Gasteiger partial charge in [-0.25, -0.2) is 0 Å². The molecule has 1 unspecified atom stereocenters. The van der Waals surface area contributed by atoms with Crippen LogP contribution in [0.1, 0.15) is 53.9 Å². The molecule has 0 spiro atoms. The molecule has 2 aromatic rings. The van der Waals surface area contributed by atoms with Crippen molar-refractivity contribution in [3.8, 4) is 0 Å². The third-order valence-corrected chi connectivity index (χ3v) is 4.84. The van der Waals surface area contributed by atoms with Gasteiger partial charge >= 0.3 is 0 Å². The van der Waals surface area contributed by atoms with Crippen molar-refractivity contribution in [1.82, 2.24) is 24.8 Å². The number of carbonyl (C=O) groups excluding carboxylic acids is 1. The average molecular weight is 345 g/mol. The quantitative estimate of drug-likeness (QED) is 0.711. The second-order valence-electron chi connectivity index (χ2n) is 6.81. The molecule has 1 saturated heterocycles. The highest BCUT2D eigenvalue weighted by Crippen LogP contribution is 2.32. The van der Waals surface area contributed by atoms with Crippen LogP contribution in [0.5, 0.6) is 0 Å². The number of aryl methyl sites for hydroxylation is 1. The number of nitrogens with zero attached hydrogens (tertiary/aromatic N) is 5. The van der Waals surface area contributed by atoms with Gasteiger partial charge in [0.15, 0.2) is 5.82 Å². The highest BCUT2D eigenvalue weighted by atomic mass is 16.5. The first-order valence-electron chi connectivity index (χ1n) is 8.91. The van der Waals surface area contributed by atoms with Crippen molar-refractivity contribution in [2.75, 3.05) is 19.8 Å². The Bertz CT molecular complexity index is 736. The van der Waals surface area contributed by atoms with Gasteiger partial charge in [-0.3, -0.25) is 9.48 Å². The van der Waals surface area contributed by atoms with E-state index in [4.69, 9.17) is 9.26 Å². The van der Waals surface area contributed by atoms with E-state index in [1.165, 1.54) is 12.8 Å². The normalized spacial score (nSPS) is 20.4. The van der Waals surface area contributed by atoms with Gasteiger partial charge < -0.3 is 14.2 Å². The van der Waals surface area contributed by atoms with Crippen LogP contribution in [-0.2, 0) is 18.2 Å². The zero-order chi connectivity index (χ0) is 17.2. The Morgan fingerprint density at radius 3 is 3.04 bits per heavy atom. The second-order valence-corrected chi connectivity index (χ2v) is 6.81. The third-order valence-electron chi connectivity index (χ3n) is 4.84. The summed E-state index contributed by atoms with van der Waals surface area (Å²) in [6.07, 6.45) is 6.60. The summed E-state index contributed by atoms with van der Waals surface area (Å²) in [5, 5.41) is 8.12. The minimum Gasteiger partial charge on any atom is -0.381 e. The average Bonchev–Trinajstić information content (AvgIpc) is 3.02. The van der Waals surface area contributed by atoms with Gasteiger partial charge in [-0.2, -0.15) is 10.1 Å². The number of hydrogen-bond donors (Lipinski definition) is 0. The van der Waals surface area contributed by atoms with Gasteiger partial charge in [0.1, 0.15) is 11.7 Å². The summed E-state index contributed by atoms with van der Waals surface area (Å²) in [6.45, 7) is 2.13. The summed E-state index contributed by atoms with van der Waals surface area (Å²) in [7, 11) is 1.77. The molecular weight excluding hydrogens is 322 g/mol. The van der Waals surface area contributed by atoms with Crippen LogP contribution in [-0.4, -0.2) is 50.5 Å². The minimum atomic E-state index is -0.156. The van der Waals surface area contributed by atoms with Crippen LogP contribution in [0.2, 0.25) is 0 Å². The number of rotatable bonds is 7. The monoisotopic (exact) mass is 345 g/mol. The number of aromatic nitrogens is 4. The van der Waals surface area contributed by atoms with Gasteiger partial charge in [0.05, 0.1) is 6.61 Å². The van der Waals surface area contributed by atoms with E-state index < -0.39 is 0 Å². The van der Waals surface area contributed by atoms with Crippen LogP contribution < -0.4 is 0 Å². The molecule has 25 heavy (non-hydrogen) atoms. The van der Waals surface area contributed by atoms with E-state index in [-0.39, 0.29) is 11.9 Å². The smallest absolute Gasteiger partial charge is 0.272 e. The van der Waals surface area contributed by atoms with Crippen molar-refractivity contribution in [3.05, 3.63) is 29.7 Å². The van der Waals surface area contributed by atoms with Crippen LogP contribution >= 0.6 is 0 Å². The highest BCUT2D eigenvalue weighted by molar-refractivity contribution is 5.92. The molecule has 1 atom stereocenters. The predicted octanol–water partition coefficient (Wildman–Crippen LogP) is 1.75. The maximum absolute atomic E-state index is 12.8. The van der Waals surface area contributed by atoms with Gasteiger partial charge in [-0.05, 0) is 37.7 Å². The molecule has 0 N–H and O–H groups in total. The summed E-state index contributed by atoms with van der Waals surface area (Å²) in [6, 6.07) is 1.57. The number of likely N-dealkylation sites (tertiary alicyclic amines) is 1. The molecule has 0 radical (unpaired) electrons. The third kappa shape index (κ3) is 3.58. The van der Waals surface area contributed by atoms with Gasteiger partial charge in [-0.15, -0.1) is 0 Å². The van der Waals surface area contributed by atoms with Gasteiger partial charge in [0.25, 0.3) is 5.91 Å². The fourth-order valence-corrected chi connectivity index (χ4v) is 3.20. The standard InChI is InChI=1S/C17H23N5O3/c1-21-14(6-8-18-21)17(23)22-9-2-3-13(22)16-19-15(20-25-16)7-10-24-11-12-4-5-12/h6,8,12-13H,2-5,7,9-11H2,1H3. The number of amides is 1. The van der Waals surface area contributed by atoms with Crippen LogP contribution in [0.25, 0.3) is 0 Å². The van der Waals surface area contributed by atoms with Gasteiger partial charge in [0, 0.05) is 32.8 Å². The molecule has 3 heterocycles. The van der Waals surface area contributed by atoms with E-state index in [0.29, 0.717) is 37.0 Å². The molecule has 1 amide bonds. The van der Waals surface area contributed by atoms with E-state index in [1.54, 1.807) is 28.9 Å². The lowest BCUT2D eigenvalue weighted by molar-refractivity contribution is 0.0699. The van der Waals surface area contributed by atoms with E-state index >= 15 is 0 Å². The van der Waals surface area contributed by atoms with Crippen LogP contribution in [0, 0.1) is 5.92 Å². The Morgan fingerprint density at radius 2 is 2.28 bits per heavy atom. The lowest BCUT2D eigenvalue weighted by atomic mass is 10.2. The van der Waals surface area contributed by atoms with Crippen molar-refractivity contribution in [2.45, 2.75) is 38.1 Å². The van der Waals surface area contributed by atoms with Crippen LogP contribution in [0.4, 0.5) is 0 Å². The first-order chi connectivity index (χ1) is 12.2. The van der Waals surface area contributed by atoms with Gasteiger partial charge in [-0.1, -0.05) is 5.16 Å². The first-order valence-corrected chi connectivity index (χ1v) is 8.91. The molecular formula is C17H23N5O3. The molecule has 0 bridgehead atoms. The molecule has 2 aromatic heterocycles. The molecule has 1 saturated carbocycles. The molecule has 2 aliphatic rings. The topological polar surface area (TPSA) is 86.3 Å². The lowest BCUT2D eigenvalue weighted by Crippen LogP contribution is -2.32. The maximum Gasteiger partial charge on any atom is 0.272 e. The van der Waals surface area contributed by atoms with Crippen molar-refractivity contribution in [1.29, 1.82) is 0 Å². The van der Waals surface area contributed by atoms with E-state index in [1.807, 2.05) is 0 Å². The Hall–Kier alpha value is -2.22. The summed E-state index contributed by atoms with van der Waals surface area (Å²) in [5.41, 5.74) is 0.570. The summed E-state index contributed by atoms with van der Waals surface area (Å²) < 4.78 is 12.6. The Labute approximate surface area is 146 Å². The highest BCUT2D eigenvalue weighted by Gasteiger charge is 2.35. The number of hydrogen-bond acceptors (Lipinski definition) is 6. The van der Waals surface area contributed by atoms with Crippen LogP contribution in [0.3, 0.4) is 0 Å². The zero-order valence-corrected chi connectivity index (χ0v) is 14.4. The van der Waals surface area contributed by atoms with Crippen molar-refractivity contribution in [3.63, 3.8) is 0 Å². The van der Waals surface area contributed by atoms with Gasteiger partial charge in [0.2, 0.25) is 5.89 Å². The zero-order valence-electron chi connectivity index (χ0n) is 14.4. The SMILES string of the molecule is Cn1nccc1C(=O)N1CCCC1c1nc(CCOCC2CC2)no1. The van der Waals surface area contributed by atoms with Crippen molar-refractivity contribution in [2.24, 2.45) is 13.0 Å². The Morgan fingerprint density at radius 1 is 1.40 bits per heavy atom. The second kappa shape index (κ2) is 6.95. The number of ether oxygens (including phenoxy) is 1. The van der Waals surface area contributed by atoms with Crippen molar-refractivity contribution < 1.29 is 14.1 Å². The lowest BCUT2D eigenvalue weighted by Gasteiger charge is -2.21. The Balaban J connectivity index is 1.38. The van der Waals surface area contributed by atoms with E-state index in [0.717, 1.165) is 25.4 Å². The summed E-state index contributed by atoms with van der Waals surface area (Å²) in [5.74, 6) is 1.87. The first kappa shape index (κ1) is 16.3. The largest absolute Gasteiger partial charge is 0.381 e. The maximum atomic E-state index is 12.8. The van der Waals surface area contributed by atoms with Crippen LogP contribution in [0.15, 0.2) is 16.8 Å². The minimum absolute atomic E-state index is 0.0463. The molecule has 4 rings (SSSR count). The van der Waals surface area contributed by atoms with E-state index in [2.05, 4.69) is 15.2 Å². The summed E-state index contributed by atoms with van der Waals surface area (Å²) in [4.78, 5) is 19.0. The van der Waals surface area contributed by atoms with Crippen molar-refractivity contribution >= 4 is 5.91 Å². The molecule has 1 aliphatic carbocycles. The molecule has 134 valence electrons. The molecule has 8 nitrogen and oxygen atoms in total. The molecule has 0 aromatic carbocycles. The van der Waals surface area contributed by atoms with E-state index in [9.17, 15) is 4.79 Å².